The van der Waals surface area contributed by atoms with Crippen LogP contribution < -0.4 is 5.73 Å². The van der Waals surface area contributed by atoms with E-state index >= 15 is 0 Å². The van der Waals surface area contributed by atoms with Crippen molar-refractivity contribution < 1.29 is 9.53 Å². The maximum Gasteiger partial charge on any atom is 0.230 e. The van der Waals surface area contributed by atoms with Crippen molar-refractivity contribution in [2.45, 2.75) is 58.0 Å². The van der Waals surface area contributed by atoms with Gasteiger partial charge in [0.15, 0.2) is 0 Å². The smallest absolute Gasteiger partial charge is 0.230 e. The predicted octanol–water partition coefficient (Wildman–Crippen LogP) is 1.53. The van der Waals surface area contributed by atoms with Crippen LogP contribution in [0.25, 0.3) is 0 Å². The van der Waals surface area contributed by atoms with Crippen molar-refractivity contribution in [3.8, 4) is 0 Å². The second kappa shape index (κ2) is 5.57. The number of rotatable bonds is 2. The summed E-state index contributed by atoms with van der Waals surface area (Å²) in [6, 6.07) is 0.708. The van der Waals surface area contributed by atoms with E-state index in [0.29, 0.717) is 31.8 Å². The number of likely N-dealkylation sites (tertiary alicyclic amines) is 1. The summed E-state index contributed by atoms with van der Waals surface area (Å²) in [4.78, 5) is 15.0. The first-order valence-corrected chi connectivity index (χ1v) is 7.21. The fourth-order valence-corrected chi connectivity index (χ4v) is 3.36. The summed E-state index contributed by atoms with van der Waals surface area (Å²) in [6.45, 7) is 6.11. The molecule has 0 aromatic carbocycles. The summed E-state index contributed by atoms with van der Waals surface area (Å²) < 4.78 is 5.39. The van der Waals surface area contributed by atoms with Crippen LogP contribution in [0.1, 0.15) is 46.0 Å². The Kier molecular flexibility index (Phi) is 4.28. The van der Waals surface area contributed by atoms with Crippen molar-refractivity contribution in [2.24, 2.45) is 11.1 Å². The summed E-state index contributed by atoms with van der Waals surface area (Å²) >= 11 is 0. The quantitative estimate of drug-likeness (QED) is 0.813. The molecule has 0 spiro atoms. The highest BCUT2D eigenvalue weighted by molar-refractivity contribution is 5.83. The highest BCUT2D eigenvalue weighted by atomic mass is 16.5. The Hall–Kier alpha value is -0.610. The van der Waals surface area contributed by atoms with E-state index in [-0.39, 0.29) is 11.3 Å². The first kappa shape index (κ1) is 13.8. The molecule has 2 fully saturated rings. The van der Waals surface area contributed by atoms with E-state index in [1.807, 2.05) is 0 Å². The molecule has 104 valence electrons. The molecule has 4 heteroatoms. The molecule has 0 bridgehead atoms. The highest BCUT2D eigenvalue weighted by Gasteiger charge is 2.44. The SMILES string of the molecule is C[C@@H]1CCC[C@H](C)N1C(=O)C1(CN)CCOCC1. The van der Waals surface area contributed by atoms with Gasteiger partial charge in [-0.1, -0.05) is 0 Å². The van der Waals surface area contributed by atoms with Crippen LogP contribution >= 0.6 is 0 Å². The van der Waals surface area contributed by atoms with Crippen LogP contribution in [0.15, 0.2) is 0 Å². The van der Waals surface area contributed by atoms with Crippen LogP contribution in [0.5, 0.6) is 0 Å². The average Bonchev–Trinajstić information content (AvgIpc) is 2.39. The van der Waals surface area contributed by atoms with Gasteiger partial charge in [-0.3, -0.25) is 4.79 Å². The number of hydrogen-bond acceptors (Lipinski definition) is 3. The van der Waals surface area contributed by atoms with Crippen LogP contribution in [0.2, 0.25) is 0 Å². The van der Waals surface area contributed by atoms with Gasteiger partial charge >= 0.3 is 0 Å². The number of hydrogen-bond donors (Lipinski definition) is 1. The Morgan fingerprint density at radius 3 is 2.33 bits per heavy atom. The van der Waals surface area contributed by atoms with Crippen molar-refractivity contribution in [3.05, 3.63) is 0 Å². The van der Waals surface area contributed by atoms with Crippen LogP contribution in [0.3, 0.4) is 0 Å². The zero-order valence-corrected chi connectivity index (χ0v) is 11.7. The van der Waals surface area contributed by atoms with Gasteiger partial charge in [0.1, 0.15) is 0 Å². The minimum Gasteiger partial charge on any atom is -0.381 e. The number of amides is 1. The van der Waals surface area contributed by atoms with Crippen molar-refractivity contribution in [1.29, 1.82) is 0 Å². The molecule has 2 saturated heterocycles. The summed E-state index contributed by atoms with van der Waals surface area (Å²) in [7, 11) is 0. The molecule has 2 rings (SSSR count). The highest BCUT2D eigenvalue weighted by Crippen LogP contribution is 2.35. The molecule has 0 aromatic heterocycles. The molecule has 0 aromatic rings. The van der Waals surface area contributed by atoms with E-state index < -0.39 is 0 Å². The fourth-order valence-electron chi connectivity index (χ4n) is 3.36. The summed E-state index contributed by atoms with van der Waals surface area (Å²) in [6.07, 6.45) is 5.02. The molecule has 18 heavy (non-hydrogen) atoms. The molecular weight excluding hydrogens is 228 g/mol. The number of nitrogens with two attached hydrogens (primary N) is 1. The van der Waals surface area contributed by atoms with Crippen molar-refractivity contribution >= 4 is 5.91 Å². The normalized spacial score (nSPS) is 32.3. The van der Waals surface area contributed by atoms with E-state index in [2.05, 4.69) is 18.7 Å². The maximum atomic E-state index is 12.9. The summed E-state index contributed by atoms with van der Waals surface area (Å²) in [5.74, 6) is 0.271. The van der Waals surface area contributed by atoms with Gasteiger partial charge in [-0.25, -0.2) is 0 Å². The van der Waals surface area contributed by atoms with Crippen molar-refractivity contribution in [1.82, 2.24) is 4.90 Å². The summed E-state index contributed by atoms with van der Waals surface area (Å²) in [5, 5.41) is 0. The molecule has 2 N–H and O–H groups in total. The number of ether oxygens (including phenoxy) is 1. The van der Waals surface area contributed by atoms with Crippen molar-refractivity contribution in [2.75, 3.05) is 19.8 Å². The maximum absolute atomic E-state index is 12.9. The Balaban J connectivity index is 2.16. The zero-order valence-electron chi connectivity index (χ0n) is 11.7. The Bertz CT molecular complexity index is 290. The second-order valence-corrected chi connectivity index (χ2v) is 5.94. The number of carbonyl (C=O) groups excluding carboxylic acids is 1. The van der Waals surface area contributed by atoms with E-state index in [0.717, 1.165) is 25.7 Å². The van der Waals surface area contributed by atoms with Crippen LogP contribution in [-0.2, 0) is 9.53 Å². The number of carbonyl (C=O) groups is 1. The third-order valence-corrected chi connectivity index (χ3v) is 4.72. The Labute approximate surface area is 110 Å². The van der Waals surface area contributed by atoms with Gasteiger partial charge in [0.2, 0.25) is 5.91 Å². The molecule has 1 amide bonds. The first-order valence-electron chi connectivity index (χ1n) is 7.21. The number of nitrogens with zero attached hydrogens (tertiary/aromatic N) is 1. The molecular formula is C14H26N2O2. The molecule has 0 aliphatic carbocycles. The minimum absolute atomic E-state index is 0.271. The van der Waals surface area contributed by atoms with Gasteiger partial charge in [-0.15, -0.1) is 0 Å². The lowest BCUT2D eigenvalue weighted by atomic mass is 9.77. The van der Waals surface area contributed by atoms with E-state index in [1.165, 1.54) is 6.42 Å². The van der Waals surface area contributed by atoms with E-state index in [4.69, 9.17) is 10.5 Å². The van der Waals surface area contributed by atoms with Gasteiger partial charge in [0, 0.05) is 31.8 Å². The molecule has 2 aliphatic heterocycles. The van der Waals surface area contributed by atoms with E-state index in [1.54, 1.807) is 0 Å². The minimum atomic E-state index is -0.363. The largest absolute Gasteiger partial charge is 0.381 e. The molecule has 2 atom stereocenters. The third kappa shape index (κ3) is 2.41. The molecule has 0 radical (unpaired) electrons. The van der Waals surface area contributed by atoms with Gasteiger partial charge in [-0.05, 0) is 46.0 Å². The Morgan fingerprint density at radius 1 is 1.28 bits per heavy atom. The molecule has 0 unspecified atom stereocenters. The second-order valence-electron chi connectivity index (χ2n) is 5.94. The van der Waals surface area contributed by atoms with Crippen LogP contribution in [0.4, 0.5) is 0 Å². The van der Waals surface area contributed by atoms with Crippen molar-refractivity contribution in [3.63, 3.8) is 0 Å². The van der Waals surface area contributed by atoms with E-state index in [9.17, 15) is 4.79 Å². The molecule has 4 nitrogen and oxygen atoms in total. The van der Waals surface area contributed by atoms with Crippen LogP contribution in [-0.4, -0.2) is 42.6 Å². The lowest BCUT2D eigenvalue weighted by Gasteiger charge is -2.46. The third-order valence-electron chi connectivity index (χ3n) is 4.72. The standard InChI is InChI=1S/C14H26N2O2/c1-11-4-3-5-12(2)16(11)13(17)14(10-15)6-8-18-9-7-14/h11-12H,3-10,15H2,1-2H3/t11-,12+. The zero-order chi connectivity index (χ0) is 13.2. The van der Waals surface area contributed by atoms with Crippen LogP contribution in [0, 0.1) is 5.41 Å². The average molecular weight is 254 g/mol. The molecule has 0 saturated carbocycles. The lowest BCUT2D eigenvalue weighted by molar-refractivity contribution is -0.153. The molecule has 2 heterocycles. The Morgan fingerprint density at radius 2 is 1.83 bits per heavy atom. The number of piperidine rings is 1. The van der Waals surface area contributed by atoms with Gasteiger partial charge < -0.3 is 15.4 Å². The lowest BCUT2D eigenvalue weighted by Crippen LogP contribution is -2.57. The first-order chi connectivity index (χ1) is 8.60. The van der Waals surface area contributed by atoms with Gasteiger partial charge in [0.25, 0.3) is 0 Å². The molecule has 2 aliphatic rings. The fraction of sp³-hybridized carbons (Fsp3) is 0.929. The van der Waals surface area contributed by atoms with Gasteiger partial charge in [-0.2, -0.15) is 0 Å². The van der Waals surface area contributed by atoms with Gasteiger partial charge in [0.05, 0.1) is 5.41 Å². The topological polar surface area (TPSA) is 55.6 Å². The summed E-state index contributed by atoms with van der Waals surface area (Å²) in [5.41, 5.74) is 5.57. The monoisotopic (exact) mass is 254 g/mol. The predicted molar refractivity (Wildman–Crippen MR) is 71.2 cm³/mol.